The molecule has 0 saturated heterocycles. The number of rotatable bonds is 9. The van der Waals surface area contributed by atoms with E-state index in [1.165, 1.54) is 93.9 Å². The summed E-state index contributed by atoms with van der Waals surface area (Å²) in [6.45, 7) is 0. The van der Waals surface area contributed by atoms with Crippen LogP contribution < -0.4 is 0 Å². The molecule has 0 aliphatic heterocycles. The Morgan fingerprint density at radius 2 is 0.426 bits per heavy atom. The highest BCUT2D eigenvalue weighted by Gasteiger charge is 2.29. The van der Waals surface area contributed by atoms with Crippen LogP contribution in [0.3, 0.4) is 0 Å². The molecule has 0 atom stereocenters. The molecular weight excluding hydrogens is 819 g/mol. The highest BCUT2D eigenvalue weighted by molar-refractivity contribution is 6.22. The summed E-state index contributed by atoms with van der Waals surface area (Å²) in [5, 5.41) is 4.86. The van der Waals surface area contributed by atoms with E-state index in [0.717, 1.165) is 27.8 Å². The van der Waals surface area contributed by atoms with Crippen LogP contribution in [0.5, 0.6) is 0 Å². The van der Waals surface area contributed by atoms with Gasteiger partial charge in [-0.1, -0.05) is 243 Å². The topological polar surface area (TPSA) is 12.9 Å². The number of nitrogens with zero attached hydrogens (tertiary/aromatic N) is 1. The molecule has 0 unspecified atom stereocenters. The zero-order valence-corrected chi connectivity index (χ0v) is 37.4. The first-order valence-corrected chi connectivity index (χ1v) is 23.4. The van der Waals surface area contributed by atoms with Crippen LogP contribution in [0.2, 0.25) is 0 Å². The normalized spacial score (nSPS) is 11.2. The van der Waals surface area contributed by atoms with Crippen molar-refractivity contribution in [1.29, 1.82) is 0 Å². The second-order valence-electron chi connectivity index (χ2n) is 17.3. The van der Waals surface area contributed by atoms with Gasteiger partial charge in [0.05, 0.1) is 0 Å². The van der Waals surface area contributed by atoms with E-state index in [0.29, 0.717) is 0 Å². The third kappa shape index (κ3) is 7.28. The fourth-order valence-electron chi connectivity index (χ4n) is 10.5. The molecule has 1 heteroatoms. The molecule has 0 saturated carbocycles. The Kier molecular flexibility index (Phi) is 10.6. The molecule has 12 aromatic rings. The van der Waals surface area contributed by atoms with Gasteiger partial charge in [0.1, 0.15) is 0 Å². The molecule has 68 heavy (non-hydrogen) atoms. The van der Waals surface area contributed by atoms with Crippen molar-refractivity contribution in [2.24, 2.45) is 0 Å². The predicted molar refractivity (Wildman–Crippen MR) is 288 cm³/mol. The number of fused-ring (bicyclic) bond motifs is 2. The third-order valence-electron chi connectivity index (χ3n) is 13.3. The molecule has 12 rings (SSSR count). The van der Waals surface area contributed by atoms with Gasteiger partial charge in [-0.2, -0.15) is 0 Å². The SMILES string of the molecule is c1ccc(-c2c(-c3ccccc3)c(-c3ccccc3)c(-c3cccc(-c4c5ccccc5c(-c5cccc(-c6cccnc6)c5)c5ccccc45)c3)c(-c3ccccc3)c2-c2ccccc2)cc1. The minimum Gasteiger partial charge on any atom is -0.264 e. The molecule has 11 aromatic carbocycles. The lowest BCUT2D eigenvalue weighted by Gasteiger charge is -2.29. The fourth-order valence-corrected chi connectivity index (χ4v) is 10.5. The number of pyridine rings is 1. The van der Waals surface area contributed by atoms with E-state index >= 15 is 0 Å². The first kappa shape index (κ1) is 40.6. The molecule has 1 heterocycles. The van der Waals surface area contributed by atoms with E-state index in [-0.39, 0.29) is 0 Å². The van der Waals surface area contributed by atoms with Gasteiger partial charge in [-0.25, -0.2) is 0 Å². The van der Waals surface area contributed by atoms with Crippen LogP contribution >= 0.6 is 0 Å². The van der Waals surface area contributed by atoms with Crippen LogP contribution in [0.4, 0.5) is 0 Å². The lowest BCUT2D eigenvalue weighted by Crippen LogP contribution is -2.02. The van der Waals surface area contributed by atoms with E-state index < -0.39 is 0 Å². The van der Waals surface area contributed by atoms with Gasteiger partial charge >= 0.3 is 0 Å². The van der Waals surface area contributed by atoms with Crippen LogP contribution in [0.1, 0.15) is 0 Å². The molecular formula is C67H45N. The Labute approximate surface area is 398 Å². The molecule has 0 aliphatic carbocycles. The Hall–Kier alpha value is -8.91. The molecule has 1 aromatic heterocycles. The van der Waals surface area contributed by atoms with E-state index in [4.69, 9.17) is 0 Å². The monoisotopic (exact) mass is 863 g/mol. The van der Waals surface area contributed by atoms with Crippen LogP contribution in [0.15, 0.2) is 273 Å². The van der Waals surface area contributed by atoms with E-state index in [1.807, 2.05) is 18.5 Å². The second kappa shape index (κ2) is 17.8. The standard InChI is InChI=1S/C67H45N/c1-6-23-46(24-7-1)62-63(47-25-8-2-9-26-47)65(49-29-12-4-13-30-49)67(66(50-31-14-5-15-32-50)64(62)48-27-10-3-11-28-48)54-36-21-35-53(44-54)61-58-40-18-16-38-56(58)60(57-39-17-19-41-59(57)61)52-34-20-33-51(43-52)55-37-22-42-68-45-55/h1-45H. The van der Waals surface area contributed by atoms with Crippen molar-refractivity contribution in [1.82, 2.24) is 4.98 Å². The lowest BCUT2D eigenvalue weighted by atomic mass is 9.74. The minimum atomic E-state index is 1.10. The highest BCUT2D eigenvalue weighted by atomic mass is 14.6. The third-order valence-corrected chi connectivity index (χ3v) is 13.3. The number of hydrogen-bond acceptors (Lipinski definition) is 1. The van der Waals surface area contributed by atoms with Gasteiger partial charge in [0.2, 0.25) is 0 Å². The Morgan fingerprint density at radius 1 is 0.176 bits per heavy atom. The Morgan fingerprint density at radius 3 is 0.750 bits per heavy atom. The van der Waals surface area contributed by atoms with Crippen molar-refractivity contribution in [3.05, 3.63) is 273 Å². The molecule has 318 valence electrons. The number of benzene rings is 11. The molecule has 0 radical (unpaired) electrons. The molecule has 0 aliphatic rings. The van der Waals surface area contributed by atoms with Crippen LogP contribution in [-0.4, -0.2) is 4.98 Å². The van der Waals surface area contributed by atoms with Gasteiger partial charge in [0.25, 0.3) is 0 Å². The van der Waals surface area contributed by atoms with Crippen LogP contribution in [0.25, 0.3) is 122 Å². The maximum Gasteiger partial charge on any atom is 0.0346 e. The maximum atomic E-state index is 4.44. The summed E-state index contributed by atoms with van der Waals surface area (Å²) in [7, 11) is 0. The minimum absolute atomic E-state index is 1.10. The highest BCUT2D eigenvalue weighted by Crippen LogP contribution is 2.56. The first-order valence-electron chi connectivity index (χ1n) is 23.4. The lowest BCUT2D eigenvalue weighted by molar-refractivity contribution is 1.33. The Balaban J connectivity index is 1.21. The van der Waals surface area contributed by atoms with Crippen molar-refractivity contribution in [3.63, 3.8) is 0 Å². The summed E-state index contributed by atoms with van der Waals surface area (Å²) in [5.74, 6) is 0. The van der Waals surface area contributed by atoms with E-state index in [1.54, 1.807) is 0 Å². The fraction of sp³-hybridized carbons (Fsp3) is 0. The number of aromatic nitrogens is 1. The molecule has 0 N–H and O–H groups in total. The molecule has 0 fully saturated rings. The van der Waals surface area contributed by atoms with Gasteiger partial charge in [-0.3, -0.25) is 4.98 Å². The van der Waals surface area contributed by atoms with Crippen molar-refractivity contribution >= 4 is 21.5 Å². The second-order valence-corrected chi connectivity index (χ2v) is 17.3. The summed E-state index contributed by atoms with van der Waals surface area (Å²) < 4.78 is 0. The van der Waals surface area contributed by atoms with Crippen LogP contribution in [-0.2, 0) is 0 Å². The first-order chi connectivity index (χ1) is 33.8. The predicted octanol–water partition coefficient (Wildman–Crippen LogP) is 18.4. The van der Waals surface area contributed by atoms with E-state index in [2.05, 4.69) is 260 Å². The van der Waals surface area contributed by atoms with Gasteiger partial charge in [0.15, 0.2) is 0 Å². The molecule has 0 spiro atoms. The van der Waals surface area contributed by atoms with Crippen molar-refractivity contribution < 1.29 is 0 Å². The quantitative estimate of drug-likeness (QED) is 0.132. The largest absolute Gasteiger partial charge is 0.264 e. The van der Waals surface area contributed by atoms with Gasteiger partial charge in [-0.15, -0.1) is 0 Å². The van der Waals surface area contributed by atoms with Crippen LogP contribution in [0, 0.1) is 0 Å². The summed E-state index contributed by atoms with van der Waals surface area (Å²) in [5.41, 5.74) is 21.2. The summed E-state index contributed by atoms with van der Waals surface area (Å²) in [6, 6.07) is 95.4. The van der Waals surface area contributed by atoms with Gasteiger partial charge in [0, 0.05) is 18.0 Å². The average Bonchev–Trinajstić information content (AvgIpc) is 3.43. The molecule has 0 bridgehead atoms. The maximum absolute atomic E-state index is 4.44. The zero-order valence-electron chi connectivity index (χ0n) is 37.4. The average molecular weight is 864 g/mol. The zero-order chi connectivity index (χ0) is 45.2. The summed E-state index contributed by atoms with van der Waals surface area (Å²) in [6.07, 6.45) is 3.77. The summed E-state index contributed by atoms with van der Waals surface area (Å²) >= 11 is 0. The molecule has 0 amide bonds. The van der Waals surface area contributed by atoms with Crippen molar-refractivity contribution in [2.45, 2.75) is 0 Å². The van der Waals surface area contributed by atoms with Gasteiger partial charge in [-0.05, 0) is 134 Å². The summed E-state index contributed by atoms with van der Waals surface area (Å²) in [4.78, 5) is 4.44. The number of hydrogen-bond donors (Lipinski definition) is 0. The van der Waals surface area contributed by atoms with Gasteiger partial charge < -0.3 is 0 Å². The smallest absolute Gasteiger partial charge is 0.0346 e. The van der Waals surface area contributed by atoms with Crippen molar-refractivity contribution in [3.8, 4) is 100 Å². The van der Waals surface area contributed by atoms with E-state index in [9.17, 15) is 0 Å². The molecule has 1 nitrogen and oxygen atoms in total. The Bertz CT molecular complexity index is 3570. The van der Waals surface area contributed by atoms with Crippen molar-refractivity contribution in [2.75, 3.05) is 0 Å².